The third-order valence-electron chi connectivity index (χ3n) is 2.79. The van der Waals surface area contributed by atoms with Gasteiger partial charge in [-0.05, 0) is 42.3 Å². The van der Waals surface area contributed by atoms with Crippen molar-refractivity contribution < 1.29 is 9.13 Å². The van der Waals surface area contributed by atoms with E-state index in [0.717, 1.165) is 16.7 Å². The SMILES string of the molecule is Cc1ccc(C(N)=S)cc1OCc1cc(F)cc(Br)c1. The second-order valence-corrected chi connectivity index (χ2v) is 5.77. The van der Waals surface area contributed by atoms with Crippen LogP contribution in [0.2, 0.25) is 0 Å². The molecule has 0 aromatic heterocycles. The van der Waals surface area contributed by atoms with Gasteiger partial charge in [-0.2, -0.15) is 0 Å². The second kappa shape index (κ2) is 6.33. The van der Waals surface area contributed by atoms with Gasteiger partial charge >= 0.3 is 0 Å². The summed E-state index contributed by atoms with van der Waals surface area (Å²) in [4.78, 5) is 0.323. The monoisotopic (exact) mass is 353 g/mol. The Morgan fingerprint density at radius 1 is 1.30 bits per heavy atom. The van der Waals surface area contributed by atoms with Gasteiger partial charge in [-0.3, -0.25) is 0 Å². The lowest BCUT2D eigenvalue weighted by Crippen LogP contribution is -2.09. The van der Waals surface area contributed by atoms with Gasteiger partial charge in [0.15, 0.2) is 0 Å². The van der Waals surface area contributed by atoms with Crippen LogP contribution >= 0.6 is 28.1 Å². The van der Waals surface area contributed by atoms with E-state index in [1.165, 1.54) is 12.1 Å². The standard InChI is InChI=1S/C15H13BrFNOS/c1-9-2-3-11(15(18)20)6-14(9)19-8-10-4-12(16)7-13(17)5-10/h2-7H,8H2,1H3,(H2,18,20). The number of hydrogen-bond donors (Lipinski definition) is 1. The molecule has 0 aliphatic carbocycles. The van der Waals surface area contributed by atoms with E-state index >= 15 is 0 Å². The molecular weight excluding hydrogens is 341 g/mol. The molecule has 0 saturated carbocycles. The fourth-order valence-corrected chi connectivity index (χ4v) is 2.40. The third kappa shape index (κ3) is 3.77. The molecule has 0 unspecified atom stereocenters. The van der Waals surface area contributed by atoms with Crippen LogP contribution in [0.15, 0.2) is 40.9 Å². The largest absolute Gasteiger partial charge is 0.489 e. The Morgan fingerprint density at radius 2 is 2.05 bits per heavy atom. The first kappa shape index (κ1) is 14.9. The van der Waals surface area contributed by atoms with Crippen molar-refractivity contribution in [2.75, 3.05) is 0 Å². The number of aryl methyl sites for hydroxylation is 1. The molecule has 20 heavy (non-hydrogen) atoms. The maximum absolute atomic E-state index is 13.3. The highest BCUT2D eigenvalue weighted by Gasteiger charge is 2.05. The van der Waals surface area contributed by atoms with E-state index in [1.54, 1.807) is 6.07 Å². The third-order valence-corrected chi connectivity index (χ3v) is 3.48. The van der Waals surface area contributed by atoms with Gasteiger partial charge < -0.3 is 10.5 Å². The number of halogens is 2. The molecule has 104 valence electrons. The molecular formula is C15H13BrFNOS. The van der Waals surface area contributed by atoms with Gasteiger partial charge in [0.25, 0.3) is 0 Å². The van der Waals surface area contributed by atoms with Gasteiger partial charge in [0, 0.05) is 10.0 Å². The van der Waals surface area contributed by atoms with Crippen LogP contribution in [0.3, 0.4) is 0 Å². The zero-order valence-corrected chi connectivity index (χ0v) is 13.2. The van der Waals surface area contributed by atoms with Crippen molar-refractivity contribution in [3.63, 3.8) is 0 Å². The summed E-state index contributed by atoms with van der Waals surface area (Å²) in [7, 11) is 0. The fraction of sp³-hybridized carbons (Fsp3) is 0.133. The molecule has 0 spiro atoms. The molecule has 5 heteroatoms. The van der Waals surface area contributed by atoms with Crippen molar-refractivity contribution in [2.24, 2.45) is 5.73 Å². The van der Waals surface area contributed by atoms with Crippen molar-refractivity contribution in [3.8, 4) is 5.75 Å². The van der Waals surface area contributed by atoms with Crippen molar-refractivity contribution in [3.05, 3.63) is 63.4 Å². The van der Waals surface area contributed by atoms with Gasteiger partial charge in [0.1, 0.15) is 23.2 Å². The van der Waals surface area contributed by atoms with Crippen molar-refractivity contribution in [2.45, 2.75) is 13.5 Å². The topological polar surface area (TPSA) is 35.2 Å². The summed E-state index contributed by atoms with van der Waals surface area (Å²) in [5, 5.41) is 0. The molecule has 0 aliphatic rings. The Hall–Kier alpha value is -1.46. The maximum atomic E-state index is 13.3. The molecule has 2 N–H and O–H groups in total. The number of benzene rings is 2. The van der Waals surface area contributed by atoms with Gasteiger partial charge in [-0.15, -0.1) is 0 Å². The molecule has 0 fully saturated rings. The highest BCUT2D eigenvalue weighted by molar-refractivity contribution is 9.10. The van der Waals surface area contributed by atoms with Crippen molar-refractivity contribution >= 4 is 33.1 Å². The quantitative estimate of drug-likeness (QED) is 0.840. The van der Waals surface area contributed by atoms with Crippen LogP contribution in [0.25, 0.3) is 0 Å². The van der Waals surface area contributed by atoms with E-state index in [1.807, 2.05) is 25.1 Å². The van der Waals surface area contributed by atoms with Crippen LogP contribution in [-0.4, -0.2) is 4.99 Å². The minimum absolute atomic E-state index is 0.276. The van der Waals surface area contributed by atoms with Crippen LogP contribution in [-0.2, 0) is 6.61 Å². The van der Waals surface area contributed by atoms with E-state index in [2.05, 4.69) is 15.9 Å². The lowest BCUT2D eigenvalue weighted by atomic mass is 10.1. The highest BCUT2D eigenvalue weighted by atomic mass is 79.9. The molecule has 0 radical (unpaired) electrons. The molecule has 0 amide bonds. The molecule has 0 aliphatic heterocycles. The molecule has 0 heterocycles. The zero-order valence-electron chi connectivity index (χ0n) is 10.8. The van der Waals surface area contributed by atoms with E-state index in [0.29, 0.717) is 15.2 Å². The predicted molar refractivity (Wildman–Crippen MR) is 85.5 cm³/mol. The Morgan fingerprint density at radius 3 is 2.70 bits per heavy atom. The summed E-state index contributed by atoms with van der Waals surface area (Å²) in [5.41, 5.74) is 8.07. The van der Waals surface area contributed by atoms with Crippen LogP contribution in [0.5, 0.6) is 5.75 Å². The van der Waals surface area contributed by atoms with Crippen molar-refractivity contribution in [1.82, 2.24) is 0 Å². The average Bonchev–Trinajstić information content (AvgIpc) is 2.36. The highest BCUT2D eigenvalue weighted by Crippen LogP contribution is 2.22. The van der Waals surface area contributed by atoms with Crippen LogP contribution in [0.4, 0.5) is 4.39 Å². The first-order valence-electron chi connectivity index (χ1n) is 5.94. The Kier molecular flexibility index (Phi) is 4.73. The molecule has 2 aromatic rings. The zero-order chi connectivity index (χ0) is 14.7. The van der Waals surface area contributed by atoms with Crippen LogP contribution < -0.4 is 10.5 Å². The van der Waals surface area contributed by atoms with E-state index in [-0.39, 0.29) is 12.4 Å². The lowest BCUT2D eigenvalue weighted by molar-refractivity contribution is 0.303. The van der Waals surface area contributed by atoms with Crippen LogP contribution in [0, 0.1) is 12.7 Å². The van der Waals surface area contributed by atoms with E-state index < -0.39 is 0 Å². The Balaban J connectivity index is 2.18. The Bertz CT molecular complexity index is 640. The molecule has 2 rings (SSSR count). The number of rotatable bonds is 4. The maximum Gasteiger partial charge on any atom is 0.124 e. The second-order valence-electron chi connectivity index (χ2n) is 4.41. The predicted octanol–water partition coefficient (Wildman–Crippen LogP) is 4.11. The normalized spacial score (nSPS) is 10.3. The van der Waals surface area contributed by atoms with E-state index in [9.17, 15) is 4.39 Å². The van der Waals surface area contributed by atoms with Gasteiger partial charge in [0.05, 0.1) is 0 Å². The smallest absolute Gasteiger partial charge is 0.124 e. The number of hydrogen-bond acceptors (Lipinski definition) is 2. The van der Waals surface area contributed by atoms with Gasteiger partial charge in [-0.25, -0.2) is 4.39 Å². The molecule has 0 saturated heterocycles. The number of thiocarbonyl (C=S) groups is 1. The van der Waals surface area contributed by atoms with Gasteiger partial charge in [-0.1, -0.05) is 40.3 Å². The lowest BCUT2D eigenvalue weighted by Gasteiger charge is -2.11. The van der Waals surface area contributed by atoms with Crippen molar-refractivity contribution in [1.29, 1.82) is 0 Å². The first-order valence-corrected chi connectivity index (χ1v) is 7.14. The summed E-state index contributed by atoms with van der Waals surface area (Å²) < 4.78 is 19.7. The fourth-order valence-electron chi connectivity index (χ4n) is 1.76. The summed E-state index contributed by atoms with van der Waals surface area (Å²) >= 11 is 8.20. The molecule has 2 aromatic carbocycles. The van der Waals surface area contributed by atoms with Crippen LogP contribution in [0.1, 0.15) is 16.7 Å². The summed E-state index contributed by atoms with van der Waals surface area (Å²) in [6.07, 6.45) is 0. The first-order chi connectivity index (χ1) is 9.45. The number of ether oxygens (including phenoxy) is 1. The molecule has 0 atom stereocenters. The minimum Gasteiger partial charge on any atom is -0.489 e. The summed E-state index contributed by atoms with van der Waals surface area (Å²) in [5.74, 6) is 0.391. The minimum atomic E-state index is -0.299. The summed E-state index contributed by atoms with van der Waals surface area (Å²) in [6, 6.07) is 10.2. The number of nitrogens with two attached hydrogens (primary N) is 1. The molecule has 2 nitrogen and oxygen atoms in total. The summed E-state index contributed by atoms with van der Waals surface area (Å²) in [6.45, 7) is 2.21. The molecule has 0 bridgehead atoms. The Labute approximate surface area is 130 Å². The van der Waals surface area contributed by atoms with Gasteiger partial charge in [0.2, 0.25) is 0 Å². The average molecular weight is 354 g/mol. The van der Waals surface area contributed by atoms with E-state index in [4.69, 9.17) is 22.7 Å².